The van der Waals surface area contributed by atoms with E-state index in [1.54, 1.807) is 7.11 Å². The Labute approximate surface area is 126 Å². The molecule has 0 heterocycles. The zero-order valence-corrected chi connectivity index (χ0v) is 13.5. The molecule has 0 saturated carbocycles. The molecule has 20 heavy (non-hydrogen) atoms. The van der Waals surface area contributed by atoms with Crippen molar-refractivity contribution in [3.63, 3.8) is 0 Å². The van der Waals surface area contributed by atoms with E-state index in [-0.39, 0.29) is 5.38 Å². The van der Waals surface area contributed by atoms with Gasteiger partial charge in [0.05, 0.1) is 12.5 Å². The summed E-state index contributed by atoms with van der Waals surface area (Å²) in [6.07, 6.45) is 0. The molecule has 0 saturated heterocycles. The van der Waals surface area contributed by atoms with Crippen LogP contribution in [0.2, 0.25) is 0 Å². The van der Waals surface area contributed by atoms with Gasteiger partial charge in [-0.3, -0.25) is 0 Å². The summed E-state index contributed by atoms with van der Waals surface area (Å²) in [6.45, 7) is 8.57. The van der Waals surface area contributed by atoms with Gasteiger partial charge in [-0.15, -0.1) is 11.6 Å². The predicted octanol–water partition coefficient (Wildman–Crippen LogP) is 5.26. The van der Waals surface area contributed by atoms with Crippen LogP contribution in [0.15, 0.2) is 30.3 Å². The normalized spacial score (nSPS) is 12.3. The molecule has 0 N–H and O–H groups in total. The Morgan fingerprint density at radius 2 is 1.55 bits per heavy atom. The highest BCUT2D eigenvalue weighted by Crippen LogP contribution is 2.36. The second-order valence-corrected chi connectivity index (χ2v) is 5.75. The van der Waals surface area contributed by atoms with E-state index in [1.807, 2.05) is 18.2 Å². The minimum atomic E-state index is -0.149. The maximum atomic E-state index is 6.76. The van der Waals surface area contributed by atoms with Gasteiger partial charge >= 0.3 is 0 Å². The van der Waals surface area contributed by atoms with Crippen molar-refractivity contribution in [3.8, 4) is 5.75 Å². The fraction of sp³-hybridized carbons (Fsp3) is 0.333. The Balaban J connectivity index is 2.55. The fourth-order valence-corrected chi connectivity index (χ4v) is 3.06. The molecule has 106 valence electrons. The van der Waals surface area contributed by atoms with Crippen molar-refractivity contribution >= 4 is 11.6 Å². The van der Waals surface area contributed by atoms with Crippen molar-refractivity contribution in [2.75, 3.05) is 7.11 Å². The third kappa shape index (κ3) is 2.69. The van der Waals surface area contributed by atoms with Crippen LogP contribution in [-0.4, -0.2) is 7.11 Å². The summed E-state index contributed by atoms with van der Waals surface area (Å²) in [4.78, 5) is 0. The van der Waals surface area contributed by atoms with Gasteiger partial charge in [0.2, 0.25) is 0 Å². The van der Waals surface area contributed by atoms with E-state index in [0.717, 1.165) is 11.3 Å². The van der Waals surface area contributed by atoms with E-state index < -0.39 is 0 Å². The molecule has 1 unspecified atom stereocenters. The number of methoxy groups -OCH3 is 1. The van der Waals surface area contributed by atoms with Crippen LogP contribution in [0, 0.1) is 27.7 Å². The Kier molecular flexibility index (Phi) is 4.39. The van der Waals surface area contributed by atoms with Crippen molar-refractivity contribution in [1.82, 2.24) is 0 Å². The first-order valence-corrected chi connectivity index (χ1v) is 7.24. The van der Waals surface area contributed by atoms with Crippen LogP contribution in [0.5, 0.6) is 5.75 Å². The smallest absolute Gasteiger partial charge is 0.119 e. The standard InChI is InChI=1S/C18H21ClO/c1-11-9-12(2)14(4)17(13(11)3)18(19)15-7-6-8-16(10-15)20-5/h6-10,18H,1-5H3. The molecule has 1 atom stereocenters. The molecule has 1 nitrogen and oxygen atoms in total. The predicted molar refractivity (Wildman–Crippen MR) is 86.1 cm³/mol. The van der Waals surface area contributed by atoms with Crippen molar-refractivity contribution in [3.05, 3.63) is 63.7 Å². The molecule has 0 fully saturated rings. The molecule has 2 aromatic carbocycles. The molecular formula is C18H21ClO. The molecule has 0 amide bonds. The van der Waals surface area contributed by atoms with Gasteiger partial charge in [-0.2, -0.15) is 0 Å². The quantitative estimate of drug-likeness (QED) is 0.700. The average Bonchev–Trinajstić information content (AvgIpc) is 2.45. The van der Waals surface area contributed by atoms with Gasteiger partial charge in [-0.25, -0.2) is 0 Å². The lowest BCUT2D eigenvalue weighted by Gasteiger charge is -2.20. The Morgan fingerprint density at radius 1 is 0.950 bits per heavy atom. The number of aryl methyl sites for hydroxylation is 2. The fourth-order valence-electron chi connectivity index (χ4n) is 2.59. The summed E-state index contributed by atoms with van der Waals surface area (Å²) in [5.74, 6) is 0.841. The molecule has 0 aromatic heterocycles. The van der Waals surface area contributed by atoms with Crippen LogP contribution in [0.25, 0.3) is 0 Å². The van der Waals surface area contributed by atoms with Gasteiger partial charge in [0, 0.05) is 0 Å². The highest BCUT2D eigenvalue weighted by Gasteiger charge is 2.18. The van der Waals surface area contributed by atoms with E-state index in [1.165, 1.54) is 27.8 Å². The second kappa shape index (κ2) is 5.88. The summed E-state index contributed by atoms with van der Waals surface area (Å²) in [7, 11) is 1.68. The van der Waals surface area contributed by atoms with E-state index >= 15 is 0 Å². The van der Waals surface area contributed by atoms with E-state index in [4.69, 9.17) is 16.3 Å². The number of rotatable bonds is 3. The van der Waals surface area contributed by atoms with Crippen LogP contribution >= 0.6 is 11.6 Å². The maximum Gasteiger partial charge on any atom is 0.119 e. The summed E-state index contributed by atoms with van der Waals surface area (Å²) >= 11 is 6.76. The Morgan fingerprint density at radius 3 is 2.10 bits per heavy atom. The van der Waals surface area contributed by atoms with Crippen LogP contribution < -0.4 is 4.74 Å². The number of hydrogen-bond acceptors (Lipinski definition) is 1. The molecule has 0 aliphatic heterocycles. The lowest BCUT2D eigenvalue weighted by molar-refractivity contribution is 0.414. The van der Waals surface area contributed by atoms with Gasteiger partial charge in [0.25, 0.3) is 0 Å². The molecule has 2 heteroatoms. The Hall–Kier alpha value is -1.47. The molecule has 2 aromatic rings. The molecule has 0 radical (unpaired) electrons. The van der Waals surface area contributed by atoms with Crippen LogP contribution in [0.1, 0.15) is 38.8 Å². The first-order valence-electron chi connectivity index (χ1n) is 6.81. The van der Waals surface area contributed by atoms with Crippen molar-refractivity contribution in [2.24, 2.45) is 0 Å². The SMILES string of the molecule is COc1cccc(C(Cl)c2c(C)c(C)cc(C)c2C)c1. The monoisotopic (exact) mass is 288 g/mol. The highest BCUT2D eigenvalue weighted by atomic mass is 35.5. The van der Waals surface area contributed by atoms with Gasteiger partial charge < -0.3 is 4.74 Å². The van der Waals surface area contributed by atoms with Crippen molar-refractivity contribution in [2.45, 2.75) is 33.1 Å². The van der Waals surface area contributed by atoms with E-state index in [0.29, 0.717) is 0 Å². The summed E-state index contributed by atoms with van der Waals surface area (Å²) in [5.41, 5.74) is 7.42. The van der Waals surface area contributed by atoms with E-state index in [9.17, 15) is 0 Å². The first-order chi connectivity index (χ1) is 9.45. The summed E-state index contributed by atoms with van der Waals surface area (Å²) < 4.78 is 5.29. The molecule has 0 aliphatic carbocycles. The van der Waals surface area contributed by atoms with Gasteiger partial charge in [-0.1, -0.05) is 18.2 Å². The van der Waals surface area contributed by atoms with Gasteiger partial charge in [-0.05, 0) is 73.2 Å². The second-order valence-electron chi connectivity index (χ2n) is 5.31. The minimum Gasteiger partial charge on any atom is -0.497 e. The number of halogens is 1. The molecule has 0 spiro atoms. The van der Waals surface area contributed by atoms with Gasteiger partial charge in [0.15, 0.2) is 0 Å². The van der Waals surface area contributed by atoms with Crippen LogP contribution in [0.3, 0.4) is 0 Å². The zero-order valence-electron chi connectivity index (χ0n) is 12.8. The largest absolute Gasteiger partial charge is 0.497 e. The average molecular weight is 289 g/mol. The number of ether oxygens (including phenoxy) is 1. The zero-order chi connectivity index (χ0) is 14.9. The maximum absolute atomic E-state index is 6.76. The van der Waals surface area contributed by atoms with Crippen LogP contribution in [-0.2, 0) is 0 Å². The molecule has 2 rings (SSSR count). The highest BCUT2D eigenvalue weighted by molar-refractivity contribution is 6.22. The topological polar surface area (TPSA) is 9.23 Å². The Bertz CT molecular complexity index is 605. The lowest BCUT2D eigenvalue weighted by Crippen LogP contribution is -2.03. The molecule has 0 bridgehead atoms. The summed E-state index contributed by atoms with van der Waals surface area (Å²) in [6, 6.07) is 10.2. The first kappa shape index (κ1) is 14.9. The third-order valence-electron chi connectivity index (χ3n) is 4.06. The van der Waals surface area contributed by atoms with E-state index in [2.05, 4.69) is 39.8 Å². The van der Waals surface area contributed by atoms with Crippen LogP contribution in [0.4, 0.5) is 0 Å². The number of benzene rings is 2. The number of alkyl halides is 1. The third-order valence-corrected chi connectivity index (χ3v) is 4.53. The lowest BCUT2D eigenvalue weighted by atomic mass is 9.90. The number of hydrogen-bond donors (Lipinski definition) is 0. The molecule has 0 aliphatic rings. The van der Waals surface area contributed by atoms with Gasteiger partial charge in [0.1, 0.15) is 5.75 Å². The van der Waals surface area contributed by atoms with Crippen molar-refractivity contribution < 1.29 is 4.74 Å². The minimum absolute atomic E-state index is 0.149. The molecular weight excluding hydrogens is 268 g/mol. The summed E-state index contributed by atoms with van der Waals surface area (Å²) in [5, 5.41) is -0.149. The van der Waals surface area contributed by atoms with Crippen molar-refractivity contribution in [1.29, 1.82) is 0 Å².